The number of halogens is 1. The number of aliphatic carboxylic acids is 1. The maximum absolute atomic E-state index is 14.7. The molecule has 1 aliphatic carbocycles. The number of aromatic nitrogens is 1. The van der Waals surface area contributed by atoms with Gasteiger partial charge in [0, 0.05) is 43.8 Å². The Labute approximate surface area is 148 Å². The Morgan fingerprint density at radius 2 is 1.88 bits per heavy atom. The van der Waals surface area contributed by atoms with Crippen molar-refractivity contribution in [2.45, 2.75) is 18.9 Å². The van der Waals surface area contributed by atoms with E-state index in [1.54, 1.807) is 10.6 Å². The lowest BCUT2D eigenvalue weighted by Gasteiger charge is -2.30. The van der Waals surface area contributed by atoms with Gasteiger partial charge in [-0.25, -0.2) is 9.18 Å². The number of carboxylic acids is 1. The van der Waals surface area contributed by atoms with Crippen molar-refractivity contribution in [2.75, 3.05) is 31.1 Å². The maximum Gasteiger partial charge on any atom is 0.377 e. The molecule has 0 unspecified atom stereocenters. The second-order valence-corrected chi connectivity index (χ2v) is 6.70. The van der Waals surface area contributed by atoms with Gasteiger partial charge in [0.05, 0.1) is 16.8 Å². The second-order valence-electron chi connectivity index (χ2n) is 6.70. The Kier molecular flexibility index (Phi) is 3.99. The highest BCUT2D eigenvalue weighted by Gasteiger charge is 2.29. The van der Waals surface area contributed by atoms with Crippen LogP contribution in [0.1, 0.15) is 29.2 Å². The van der Waals surface area contributed by atoms with Crippen molar-refractivity contribution in [1.82, 2.24) is 9.88 Å². The summed E-state index contributed by atoms with van der Waals surface area (Å²) in [6, 6.07) is 2.87. The minimum Gasteiger partial charge on any atom is -0.475 e. The van der Waals surface area contributed by atoms with E-state index in [1.807, 2.05) is 4.90 Å². The molecule has 0 atom stereocenters. The molecule has 0 bridgehead atoms. The van der Waals surface area contributed by atoms with E-state index < -0.39 is 28.6 Å². The molecule has 136 valence electrons. The highest BCUT2D eigenvalue weighted by Crippen LogP contribution is 2.38. The van der Waals surface area contributed by atoms with Gasteiger partial charge in [-0.3, -0.25) is 9.59 Å². The first-order valence-electron chi connectivity index (χ1n) is 8.59. The molecule has 8 heteroatoms. The SMILES string of the molecule is O=C(O)C(=O)c1cn(C2CC2)c2cc(N3CCNCC3)c(F)cc2c1=O. The Balaban J connectivity index is 1.94. The molecule has 1 aromatic heterocycles. The van der Waals surface area contributed by atoms with Gasteiger partial charge < -0.3 is 19.9 Å². The van der Waals surface area contributed by atoms with Crippen LogP contribution in [-0.4, -0.2) is 47.6 Å². The molecule has 0 spiro atoms. The van der Waals surface area contributed by atoms with Crippen molar-refractivity contribution in [3.8, 4) is 0 Å². The minimum absolute atomic E-state index is 0.0420. The monoisotopic (exact) mass is 359 g/mol. The van der Waals surface area contributed by atoms with E-state index in [0.29, 0.717) is 24.3 Å². The lowest BCUT2D eigenvalue weighted by molar-refractivity contribution is -0.131. The first-order chi connectivity index (χ1) is 12.5. The third-order valence-electron chi connectivity index (χ3n) is 4.94. The average molecular weight is 359 g/mol. The molecule has 1 saturated carbocycles. The van der Waals surface area contributed by atoms with Crippen LogP contribution in [0.25, 0.3) is 10.9 Å². The van der Waals surface area contributed by atoms with Crippen molar-refractivity contribution in [3.63, 3.8) is 0 Å². The van der Waals surface area contributed by atoms with Gasteiger partial charge in [-0.2, -0.15) is 0 Å². The van der Waals surface area contributed by atoms with Crippen molar-refractivity contribution in [1.29, 1.82) is 0 Å². The summed E-state index contributed by atoms with van der Waals surface area (Å²) in [7, 11) is 0. The number of benzene rings is 1. The van der Waals surface area contributed by atoms with Gasteiger partial charge in [0.25, 0.3) is 5.78 Å². The Hall–Kier alpha value is -2.74. The summed E-state index contributed by atoms with van der Waals surface area (Å²) in [6.07, 6.45) is 3.07. The summed E-state index contributed by atoms with van der Waals surface area (Å²) in [5.74, 6) is -3.50. The van der Waals surface area contributed by atoms with Crippen LogP contribution in [0.2, 0.25) is 0 Å². The fourth-order valence-electron chi connectivity index (χ4n) is 3.44. The quantitative estimate of drug-likeness (QED) is 0.629. The first kappa shape index (κ1) is 16.7. The lowest BCUT2D eigenvalue weighted by atomic mass is 10.1. The summed E-state index contributed by atoms with van der Waals surface area (Å²) in [6.45, 7) is 2.81. The molecule has 1 saturated heterocycles. The van der Waals surface area contributed by atoms with Crippen LogP contribution in [0.4, 0.5) is 10.1 Å². The number of rotatable bonds is 4. The summed E-state index contributed by atoms with van der Waals surface area (Å²) in [4.78, 5) is 37.5. The fourth-order valence-corrected chi connectivity index (χ4v) is 3.44. The summed E-state index contributed by atoms with van der Waals surface area (Å²) < 4.78 is 16.5. The van der Waals surface area contributed by atoms with Crippen LogP contribution in [0.15, 0.2) is 23.1 Å². The molecule has 0 amide bonds. The van der Waals surface area contributed by atoms with E-state index in [2.05, 4.69) is 5.32 Å². The third-order valence-corrected chi connectivity index (χ3v) is 4.94. The number of carboxylic acid groups (broad SMARTS) is 1. The third kappa shape index (κ3) is 2.76. The Morgan fingerprint density at radius 1 is 1.19 bits per heavy atom. The summed E-state index contributed by atoms with van der Waals surface area (Å²) in [5, 5.41) is 12.2. The molecule has 2 fully saturated rings. The number of anilines is 1. The molecule has 1 aromatic carbocycles. The van der Waals surface area contributed by atoms with Crippen molar-refractivity contribution in [3.05, 3.63) is 39.9 Å². The number of nitrogens with one attached hydrogen (secondary N) is 1. The predicted octanol–water partition coefficient (Wildman–Crippen LogP) is 1.15. The van der Waals surface area contributed by atoms with E-state index in [-0.39, 0.29) is 11.4 Å². The molecule has 2 N–H and O–H groups in total. The van der Waals surface area contributed by atoms with Crippen LogP contribution in [0, 0.1) is 5.82 Å². The van der Waals surface area contributed by atoms with Crippen molar-refractivity contribution in [2.24, 2.45) is 0 Å². The molecular weight excluding hydrogens is 341 g/mol. The molecule has 1 aliphatic heterocycles. The molecule has 7 nitrogen and oxygen atoms in total. The molecule has 26 heavy (non-hydrogen) atoms. The number of pyridine rings is 1. The number of carbonyl (C=O) groups excluding carboxylic acids is 1. The van der Waals surface area contributed by atoms with Crippen molar-refractivity contribution < 1.29 is 19.1 Å². The predicted molar refractivity (Wildman–Crippen MR) is 93.5 cm³/mol. The smallest absolute Gasteiger partial charge is 0.377 e. The van der Waals surface area contributed by atoms with Crippen molar-refractivity contribution >= 4 is 28.3 Å². The van der Waals surface area contributed by atoms with Gasteiger partial charge in [-0.05, 0) is 25.0 Å². The Morgan fingerprint density at radius 3 is 2.50 bits per heavy atom. The average Bonchev–Trinajstić information content (AvgIpc) is 3.47. The number of hydrogen-bond acceptors (Lipinski definition) is 5. The molecule has 4 rings (SSSR count). The van der Waals surface area contributed by atoms with Gasteiger partial charge in [-0.15, -0.1) is 0 Å². The van der Waals surface area contributed by atoms with Crippen LogP contribution >= 0.6 is 0 Å². The highest BCUT2D eigenvalue weighted by atomic mass is 19.1. The minimum atomic E-state index is -1.69. The largest absolute Gasteiger partial charge is 0.475 e. The number of nitrogens with zero attached hydrogens (tertiary/aromatic N) is 2. The maximum atomic E-state index is 14.7. The number of Topliss-reactive ketones (excluding diaryl/α,β-unsaturated/α-hetero) is 1. The Bertz CT molecular complexity index is 975. The van der Waals surface area contributed by atoms with E-state index in [4.69, 9.17) is 5.11 Å². The normalized spacial score (nSPS) is 17.5. The summed E-state index contributed by atoms with van der Waals surface area (Å²) >= 11 is 0. The number of fused-ring (bicyclic) bond motifs is 1. The fraction of sp³-hybridized carbons (Fsp3) is 0.389. The zero-order valence-corrected chi connectivity index (χ0v) is 14.0. The number of piperazine rings is 1. The van der Waals surface area contributed by atoms with Gasteiger partial charge in [0.1, 0.15) is 5.82 Å². The molecule has 2 aliphatic rings. The molecule has 2 heterocycles. The number of carbonyl (C=O) groups is 2. The van der Waals surface area contributed by atoms with Gasteiger partial charge in [-0.1, -0.05) is 0 Å². The number of hydrogen-bond donors (Lipinski definition) is 2. The second kappa shape index (κ2) is 6.21. The van der Waals surface area contributed by atoms with Crippen LogP contribution in [0.5, 0.6) is 0 Å². The van der Waals surface area contributed by atoms with Gasteiger partial charge in [0.15, 0.2) is 0 Å². The van der Waals surface area contributed by atoms with Gasteiger partial charge >= 0.3 is 5.97 Å². The molecule has 2 aromatic rings. The van der Waals surface area contributed by atoms with Crippen LogP contribution < -0.4 is 15.6 Å². The standard InChI is InChI=1S/C18H18FN3O4/c19-13-7-11-14(8-15(13)21-5-3-20-4-6-21)22(10-1-2-10)9-12(16(11)23)17(24)18(25)26/h7-10,20H,1-6H2,(H,25,26). The summed E-state index contributed by atoms with van der Waals surface area (Å²) in [5.41, 5.74) is -0.208. The van der Waals surface area contributed by atoms with Gasteiger partial charge in [0.2, 0.25) is 5.43 Å². The highest BCUT2D eigenvalue weighted by molar-refractivity contribution is 6.40. The van der Waals surface area contributed by atoms with Crippen LogP contribution in [-0.2, 0) is 4.79 Å². The first-order valence-corrected chi connectivity index (χ1v) is 8.59. The van der Waals surface area contributed by atoms with E-state index >= 15 is 0 Å². The lowest BCUT2D eigenvalue weighted by Crippen LogP contribution is -2.43. The van der Waals surface area contributed by atoms with E-state index in [0.717, 1.165) is 32.0 Å². The van der Waals surface area contributed by atoms with E-state index in [9.17, 15) is 18.8 Å². The van der Waals surface area contributed by atoms with Crippen LogP contribution in [0.3, 0.4) is 0 Å². The zero-order chi connectivity index (χ0) is 18.4. The number of ketones is 1. The topological polar surface area (TPSA) is 91.6 Å². The van der Waals surface area contributed by atoms with E-state index in [1.165, 1.54) is 6.20 Å². The molecular formula is C18H18FN3O4. The zero-order valence-electron chi connectivity index (χ0n) is 14.0. The molecule has 0 radical (unpaired) electrons.